The van der Waals surface area contributed by atoms with Gasteiger partial charge in [-0.15, -0.1) is 0 Å². The van der Waals surface area contributed by atoms with Gasteiger partial charge in [-0.3, -0.25) is 9.89 Å². The summed E-state index contributed by atoms with van der Waals surface area (Å²) in [4.78, 5) is 25.5. The van der Waals surface area contributed by atoms with Crippen molar-refractivity contribution in [3.8, 4) is 0 Å². The number of urea groups is 1. The van der Waals surface area contributed by atoms with Crippen molar-refractivity contribution in [1.82, 2.24) is 25.8 Å². The van der Waals surface area contributed by atoms with Gasteiger partial charge in [0.1, 0.15) is 18.2 Å². The molecule has 88 valence electrons. The van der Waals surface area contributed by atoms with Crippen LogP contribution in [0.1, 0.15) is 12.7 Å². The van der Waals surface area contributed by atoms with Crippen LogP contribution in [0.5, 0.6) is 0 Å². The number of nitrogens with zero attached hydrogens (tertiary/aromatic N) is 2. The maximum atomic E-state index is 11.2. The Hall–Kier alpha value is -2.12. The average molecular weight is 227 g/mol. The molecule has 0 radical (unpaired) electrons. The van der Waals surface area contributed by atoms with Gasteiger partial charge in [-0.2, -0.15) is 5.10 Å². The number of carboxylic acid groups (broad SMARTS) is 1. The molecule has 1 aromatic rings. The fraction of sp³-hybridized carbons (Fsp3) is 0.500. The summed E-state index contributed by atoms with van der Waals surface area (Å²) in [6.07, 6.45) is 1.89. The Morgan fingerprint density at radius 2 is 2.38 bits per heavy atom. The standard InChI is InChI=1S/C8H13N5O3/c1-5(7(14)15)12-8(16)9-3-2-6-10-4-11-13-6/h4-5H,2-3H2,1H3,(H,14,15)(H2,9,12,16)(H,10,11,13)/t5-/m1/s1. The summed E-state index contributed by atoms with van der Waals surface area (Å²) in [5.41, 5.74) is 0. The van der Waals surface area contributed by atoms with Gasteiger partial charge in [0.25, 0.3) is 0 Å². The molecule has 1 heterocycles. The number of amides is 2. The largest absolute Gasteiger partial charge is 0.480 e. The first-order valence-electron chi connectivity index (χ1n) is 4.71. The second-order valence-corrected chi connectivity index (χ2v) is 3.14. The van der Waals surface area contributed by atoms with Crippen molar-refractivity contribution in [2.75, 3.05) is 6.54 Å². The number of hydrogen-bond acceptors (Lipinski definition) is 4. The molecule has 0 aliphatic rings. The van der Waals surface area contributed by atoms with Crippen LogP contribution in [0, 0.1) is 0 Å². The van der Waals surface area contributed by atoms with E-state index in [2.05, 4.69) is 25.8 Å². The van der Waals surface area contributed by atoms with E-state index in [0.29, 0.717) is 18.8 Å². The third-order valence-electron chi connectivity index (χ3n) is 1.83. The van der Waals surface area contributed by atoms with Crippen LogP contribution >= 0.6 is 0 Å². The van der Waals surface area contributed by atoms with Gasteiger partial charge in [-0.05, 0) is 6.92 Å². The van der Waals surface area contributed by atoms with E-state index in [1.807, 2.05) is 0 Å². The van der Waals surface area contributed by atoms with Crippen LogP contribution in [0.3, 0.4) is 0 Å². The second-order valence-electron chi connectivity index (χ2n) is 3.14. The molecule has 8 heteroatoms. The van der Waals surface area contributed by atoms with Gasteiger partial charge in [-0.25, -0.2) is 9.78 Å². The molecular weight excluding hydrogens is 214 g/mol. The molecule has 0 aliphatic heterocycles. The lowest BCUT2D eigenvalue weighted by molar-refractivity contribution is -0.138. The fourth-order valence-corrected chi connectivity index (χ4v) is 0.955. The van der Waals surface area contributed by atoms with Gasteiger partial charge in [0, 0.05) is 13.0 Å². The summed E-state index contributed by atoms with van der Waals surface area (Å²) in [6, 6.07) is -1.43. The van der Waals surface area contributed by atoms with E-state index in [1.54, 1.807) is 0 Å². The predicted octanol–water partition coefficient (Wildman–Crippen LogP) is -0.880. The van der Waals surface area contributed by atoms with E-state index in [4.69, 9.17) is 5.11 Å². The molecule has 0 fully saturated rings. The number of hydrogen-bond donors (Lipinski definition) is 4. The van der Waals surface area contributed by atoms with Crippen molar-refractivity contribution in [2.24, 2.45) is 0 Å². The maximum absolute atomic E-state index is 11.2. The summed E-state index contributed by atoms with van der Waals surface area (Å²) < 4.78 is 0. The van der Waals surface area contributed by atoms with Crippen LogP contribution in [0.2, 0.25) is 0 Å². The molecule has 0 saturated carbocycles. The van der Waals surface area contributed by atoms with Gasteiger partial charge in [0.15, 0.2) is 0 Å². The van der Waals surface area contributed by atoms with Crippen LogP contribution in [-0.2, 0) is 11.2 Å². The third kappa shape index (κ3) is 3.95. The molecule has 0 aliphatic carbocycles. The van der Waals surface area contributed by atoms with Crippen molar-refractivity contribution in [3.63, 3.8) is 0 Å². The number of aromatic amines is 1. The molecule has 1 aromatic heterocycles. The Balaban J connectivity index is 2.18. The van der Waals surface area contributed by atoms with E-state index in [-0.39, 0.29) is 0 Å². The summed E-state index contributed by atoms with van der Waals surface area (Å²) in [5.74, 6) is -0.419. The zero-order valence-corrected chi connectivity index (χ0v) is 8.73. The lowest BCUT2D eigenvalue weighted by Crippen LogP contribution is -2.44. The highest BCUT2D eigenvalue weighted by molar-refractivity contribution is 5.82. The van der Waals surface area contributed by atoms with E-state index in [9.17, 15) is 9.59 Å². The lowest BCUT2D eigenvalue weighted by Gasteiger charge is -2.09. The van der Waals surface area contributed by atoms with Gasteiger partial charge in [-0.1, -0.05) is 0 Å². The van der Waals surface area contributed by atoms with Crippen molar-refractivity contribution in [1.29, 1.82) is 0 Å². The Kier molecular flexibility index (Phi) is 4.25. The molecule has 0 aromatic carbocycles. The van der Waals surface area contributed by atoms with Crippen molar-refractivity contribution in [2.45, 2.75) is 19.4 Å². The minimum atomic E-state index is -1.08. The number of rotatable bonds is 5. The van der Waals surface area contributed by atoms with Crippen LogP contribution in [0.15, 0.2) is 6.33 Å². The topological polar surface area (TPSA) is 120 Å². The van der Waals surface area contributed by atoms with Crippen molar-refractivity contribution in [3.05, 3.63) is 12.2 Å². The summed E-state index contributed by atoms with van der Waals surface area (Å²) >= 11 is 0. The van der Waals surface area contributed by atoms with E-state index in [1.165, 1.54) is 13.3 Å². The van der Waals surface area contributed by atoms with Gasteiger partial charge in [0.2, 0.25) is 0 Å². The number of nitrogens with one attached hydrogen (secondary N) is 3. The van der Waals surface area contributed by atoms with Crippen molar-refractivity contribution < 1.29 is 14.7 Å². The zero-order chi connectivity index (χ0) is 12.0. The SMILES string of the molecule is C[C@@H](NC(=O)NCCc1ncn[nH]1)C(=O)O. The highest BCUT2D eigenvalue weighted by Gasteiger charge is 2.12. The molecule has 0 bridgehead atoms. The molecule has 8 nitrogen and oxygen atoms in total. The number of carboxylic acids is 1. The van der Waals surface area contributed by atoms with Gasteiger partial charge in [0.05, 0.1) is 0 Å². The van der Waals surface area contributed by atoms with Gasteiger partial charge >= 0.3 is 12.0 Å². The fourth-order valence-electron chi connectivity index (χ4n) is 0.955. The van der Waals surface area contributed by atoms with E-state index >= 15 is 0 Å². The molecular formula is C8H13N5O3. The number of H-pyrrole nitrogens is 1. The Morgan fingerprint density at radius 1 is 1.62 bits per heavy atom. The quantitative estimate of drug-likeness (QED) is 0.520. The first-order valence-corrected chi connectivity index (χ1v) is 4.71. The molecule has 2 amide bonds. The van der Waals surface area contributed by atoms with Crippen LogP contribution < -0.4 is 10.6 Å². The average Bonchev–Trinajstić information content (AvgIpc) is 2.70. The lowest BCUT2D eigenvalue weighted by atomic mass is 10.3. The molecule has 1 rings (SSSR count). The summed E-state index contributed by atoms with van der Waals surface area (Å²) in [6.45, 7) is 1.74. The number of aromatic nitrogens is 3. The van der Waals surface area contributed by atoms with Crippen LogP contribution in [0.4, 0.5) is 4.79 Å². The number of carbonyl (C=O) groups excluding carboxylic acids is 1. The van der Waals surface area contributed by atoms with Crippen LogP contribution in [-0.4, -0.2) is 44.9 Å². The van der Waals surface area contributed by atoms with Crippen LogP contribution in [0.25, 0.3) is 0 Å². The van der Waals surface area contributed by atoms with Gasteiger partial charge < -0.3 is 15.7 Å². The molecule has 0 unspecified atom stereocenters. The maximum Gasteiger partial charge on any atom is 0.325 e. The first kappa shape index (κ1) is 12.0. The molecule has 0 saturated heterocycles. The normalized spacial score (nSPS) is 11.8. The smallest absolute Gasteiger partial charge is 0.325 e. The Labute approximate surface area is 91.5 Å². The molecule has 4 N–H and O–H groups in total. The highest BCUT2D eigenvalue weighted by atomic mass is 16.4. The number of carbonyl (C=O) groups is 2. The summed E-state index contributed by atoms with van der Waals surface area (Å²) in [5, 5.41) is 19.6. The van der Waals surface area contributed by atoms with E-state index < -0.39 is 18.0 Å². The Morgan fingerprint density at radius 3 is 2.94 bits per heavy atom. The molecule has 16 heavy (non-hydrogen) atoms. The Bertz CT molecular complexity index is 351. The monoisotopic (exact) mass is 227 g/mol. The highest BCUT2D eigenvalue weighted by Crippen LogP contribution is 1.86. The number of aliphatic carboxylic acids is 1. The predicted molar refractivity (Wildman–Crippen MR) is 53.7 cm³/mol. The van der Waals surface area contributed by atoms with E-state index in [0.717, 1.165) is 0 Å². The zero-order valence-electron chi connectivity index (χ0n) is 8.73. The van der Waals surface area contributed by atoms with Crippen molar-refractivity contribution >= 4 is 12.0 Å². The third-order valence-corrected chi connectivity index (χ3v) is 1.83. The second kappa shape index (κ2) is 5.69. The molecule has 1 atom stereocenters. The minimum absolute atomic E-state index is 0.355. The first-order chi connectivity index (χ1) is 7.59. The summed E-state index contributed by atoms with van der Waals surface area (Å²) in [7, 11) is 0. The molecule has 0 spiro atoms. The minimum Gasteiger partial charge on any atom is -0.480 e.